The van der Waals surface area contributed by atoms with Crippen LogP contribution in [-0.2, 0) is 17.8 Å². The Morgan fingerprint density at radius 3 is 2.50 bits per heavy atom. The van der Waals surface area contributed by atoms with E-state index in [0.29, 0.717) is 70.1 Å². The molecule has 10 heteroatoms. The van der Waals surface area contributed by atoms with Crippen molar-refractivity contribution in [1.82, 2.24) is 9.47 Å². The molecule has 2 heterocycles. The third-order valence-corrected chi connectivity index (χ3v) is 7.32. The first-order valence-electron chi connectivity index (χ1n) is 11.7. The smallest absolute Gasteiger partial charge is 0.270 e. The predicted molar refractivity (Wildman–Crippen MR) is 148 cm³/mol. The number of aromatic nitrogens is 1. The monoisotopic (exact) mass is 526 g/mol. The molecule has 0 unspecified atom stereocenters. The zero-order valence-corrected chi connectivity index (χ0v) is 22.8. The van der Waals surface area contributed by atoms with E-state index in [1.807, 2.05) is 32.0 Å². The molecule has 1 saturated heterocycles. The fourth-order valence-corrected chi connectivity index (χ4v) is 5.42. The van der Waals surface area contributed by atoms with Crippen LogP contribution in [0.1, 0.15) is 42.5 Å². The highest BCUT2D eigenvalue weighted by Gasteiger charge is 2.31. The van der Waals surface area contributed by atoms with Crippen molar-refractivity contribution < 1.29 is 14.3 Å². The van der Waals surface area contributed by atoms with Gasteiger partial charge in [-0.2, -0.15) is 5.26 Å². The van der Waals surface area contributed by atoms with E-state index < -0.39 is 0 Å². The quantitative estimate of drug-likeness (QED) is 0.361. The summed E-state index contributed by atoms with van der Waals surface area (Å²) >= 11 is 6.59. The van der Waals surface area contributed by atoms with Gasteiger partial charge in [-0.05, 0) is 56.0 Å². The fraction of sp³-hybridized carbons (Fsp3) is 0.385. The van der Waals surface area contributed by atoms with Gasteiger partial charge in [0.1, 0.15) is 21.8 Å². The van der Waals surface area contributed by atoms with Gasteiger partial charge in [0, 0.05) is 25.2 Å². The maximum absolute atomic E-state index is 13.2. The number of likely N-dealkylation sites (N-methyl/N-ethyl adjacent to an activating group) is 1. The summed E-state index contributed by atoms with van der Waals surface area (Å²) in [5, 5.41) is 13.1. The molecule has 1 fully saturated rings. The van der Waals surface area contributed by atoms with E-state index in [0.717, 1.165) is 5.56 Å². The largest absolute Gasteiger partial charge is 0.493 e. The highest BCUT2D eigenvalue weighted by atomic mass is 32.2. The van der Waals surface area contributed by atoms with Crippen molar-refractivity contribution in [2.24, 2.45) is 0 Å². The van der Waals surface area contributed by atoms with Crippen LogP contribution in [0, 0.1) is 18.3 Å². The number of thioether (sulfide) groups is 1. The minimum atomic E-state index is -0.344. The van der Waals surface area contributed by atoms with E-state index in [4.69, 9.17) is 21.7 Å². The summed E-state index contributed by atoms with van der Waals surface area (Å²) in [6.07, 6.45) is 3.10. The van der Waals surface area contributed by atoms with Crippen LogP contribution in [0.15, 0.2) is 27.9 Å². The number of carbonyl (C=O) groups excluding carboxylic acids is 1. The zero-order valence-electron chi connectivity index (χ0n) is 21.1. The Hall–Kier alpha value is -3.29. The number of amides is 1. The molecule has 0 radical (unpaired) electrons. The molecule has 0 bridgehead atoms. The van der Waals surface area contributed by atoms with Gasteiger partial charge in [-0.1, -0.05) is 37.0 Å². The number of rotatable bonds is 10. The van der Waals surface area contributed by atoms with Crippen LogP contribution in [0.4, 0.5) is 5.82 Å². The van der Waals surface area contributed by atoms with Crippen molar-refractivity contribution in [3.63, 3.8) is 0 Å². The maximum atomic E-state index is 13.2. The lowest BCUT2D eigenvalue weighted by Gasteiger charge is -2.20. The average molecular weight is 527 g/mol. The molecular weight excluding hydrogens is 496 g/mol. The van der Waals surface area contributed by atoms with Gasteiger partial charge in [0.2, 0.25) is 0 Å². The molecule has 0 saturated carbocycles. The molecule has 190 valence electrons. The molecule has 1 aliphatic rings. The van der Waals surface area contributed by atoms with E-state index in [-0.39, 0.29) is 17.0 Å². The molecule has 1 aromatic carbocycles. The van der Waals surface area contributed by atoms with Crippen LogP contribution in [0.3, 0.4) is 0 Å². The van der Waals surface area contributed by atoms with Gasteiger partial charge in [-0.25, -0.2) is 0 Å². The molecule has 1 aliphatic heterocycles. The van der Waals surface area contributed by atoms with Crippen molar-refractivity contribution in [1.29, 1.82) is 5.26 Å². The van der Waals surface area contributed by atoms with Gasteiger partial charge in [0.15, 0.2) is 11.5 Å². The van der Waals surface area contributed by atoms with Crippen molar-refractivity contribution in [2.45, 2.75) is 40.2 Å². The Kier molecular flexibility index (Phi) is 9.18. The third kappa shape index (κ3) is 5.42. The molecule has 1 aromatic heterocycles. The van der Waals surface area contributed by atoms with E-state index in [9.17, 15) is 14.9 Å². The minimum absolute atomic E-state index is 0.0751. The number of nitrogens with one attached hydrogen (secondary N) is 1. The number of nitrogens with zero attached hydrogens (tertiary/aromatic N) is 3. The summed E-state index contributed by atoms with van der Waals surface area (Å²) in [6, 6.07) is 7.79. The zero-order chi connectivity index (χ0) is 26.4. The first-order valence-corrected chi connectivity index (χ1v) is 12.9. The summed E-state index contributed by atoms with van der Waals surface area (Å²) in [5.41, 5.74) is 1.93. The molecule has 0 spiro atoms. The van der Waals surface area contributed by atoms with Crippen molar-refractivity contribution in [3.05, 3.63) is 55.7 Å². The normalized spacial score (nSPS) is 14.3. The van der Waals surface area contributed by atoms with Crippen LogP contribution in [-0.4, -0.2) is 47.0 Å². The Labute approximate surface area is 220 Å². The highest BCUT2D eigenvalue weighted by Crippen LogP contribution is 2.35. The van der Waals surface area contributed by atoms with Crippen molar-refractivity contribution >= 4 is 46.1 Å². The van der Waals surface area contributed by atoms with Crippen LogP contribution < -0.4 is 20.3 Å². The fourth-order valence-electron chi connectivity index (χ4n) is 4.06. The average Bonchev–Trinajstić information content (AvgIpc) is 3.15. The second-order valence-electron chi connectivity index (χ2n) is 8.12. The molecule has 1 amide bonds. The van der Waals surface area contributed by atoms with Crippen molar-refractivity contribution in [3.8, 4) is 17.6 Å². The SMILES string of the molecule is CCCn1c(NCCc2ccc(OC)c(OC)c2)c(/C=C2/SC(=S)N(CC)C2=O)c(C)c(C#N)c1=O. The van der Waals surface area contributed by atoms with Gasteiger partial charge >= 0.3 is 0 Å². The molecule has 1 N–H and O–H groups in total. The van der Waals surface area contributed by atoms with E-state index in [2.05, 4.69) is 11.4 Å². The Morgan fingerprint density at radius 2 is 1.92 bits per heavy atom. The van der Waals surface area contributed by atoms with Crippen LogP contribution in [0.25, 0.3) is 6.08 Å². The summed E-state index contributed by atoms with van der Waals surface area (Å²) < 4.78 is 12.8. The number of carbonyl (C=O) groups is 1. The Bertz CT molecular complexity index is 1310. The number of anilines is 1. The number of ether oxygens (including phenoxy) is 2. The van der Waals surface area contributed by atoms with E-state index in [1.165, 1.54) is 11.8 Å². The molecule has 2 aromatic rings. The summed E-state index contributed by atoms with van der Waals surface area (Å²) in [7, 11) is 3.19. The first-order chi connectivity index (χ1) is 17.3. The second-order valence-corrected chi connectivity index (χ2v) is 9.80. The standard InChI is InChI=1S/C26H30N4O4S2/c1-6-12-30-23(28-11-10-17-8-9-20(33-4)21(13-17)34-5)18(16(3)19(15-27)24(30)31)14-22-25(32)29(7-2)26(35)36-22/h8-9,13-14,28H,6-7,10-12H2,1-5H3/b22-14+. The molecule has 36 heavy (non-hydrogen) atoms. The molecular formula is C26H30N4O4S2. The summed E-state index contributed by atoms with van der Waals surface area (Å²) in [5.74, 6) is 1.71. The predicted octanol–water partition coefficient (Wildman–Crippen LogP) is 4.33. The summed E-state index contributed by atoms with van der Waals surface area (Å²) in [6.45, 7) is 7.01. The molecule has 8 nitrogen and oxygen atoms in total. The van der Waals surface area contributed by atoms with Crippen LogP contribution in [0.2, 0.25) is 0 Å². The number of pyridine rings is 1. The topological polar surface area (TPSA) is 96.6 Å². The lowest BCUT2D eigenvalue weighted by Crippen LogP contribution is -2.29. The first kappa shape index (κ1) is 27.3. The third-order valence-electron chi connectivity index (χ3n) is 5.94. The van der Waals surface area contributed by atoms with Gasteiger partial charge in [-0.15, -0.1) is 0 Å². The van der Waals surface area contributed by atoms with Gasteiger partial charge in [0.05, 0.1) is 19.1 Å². The summed E-state index contributed by atoms with van der Waals surface area (Å²) in [4.78, 5) is 28.1. The van der Waals surface area contributed by atoms with Crippen LogP contribution >= 0.6 is 24.0 Å². The number of thiocarbonyl (C=S) groups is 1. The number of hydrogen-bond donors (Lipinski definition) is 1. The van der Waals surface area contributed by atoms with E-state index in [1.54, 1.807) is 36.7 Å². The minimum Gasteiger partial charge on any atom is -0.493 e. The number of methoxy groups -OCH3 is 2. The van der Waals surface area contributed by atoms with Gasteiger partial charge in [-0.3, -0.25) is 19.1 Å². The maximum Gasteiger partial charge on any atom is 0.270 e. The van der Waals surface area contributed by atoms with Crippen molar-refractivity contribution in [2.75, 3.05) is 32.6 Å². The number of benzene rings is 1. The Morgan fingerprint density at radius 1 is 1.19 bits per heavy atom. The molecule has 0 atom stereocenters. The van der Waals surface area contributed by atoms with Gasteiger partial charge in [0.25, 0.3) is 11.5 Å². The molecule has 0 aliphatic carbocycles. The molecule has 3 rings (SSSR count). The highest BCUT2D eigenvalue weighted by molar-refractivity contribution is 8.26. The van der Waals surface area contributed by atoms with Gasteiger partial charge < -0.3 is 14.8 Å². The lowest BCUT2D eigenvalue weighted by molar-refractivity contribution is -0.121. The number of hydrogen-bond acceptors (Lipinski definition) is 8. The lowest BCUT2D eigenvalue weighted by atomic mass is 10.0. The van der Waals surface area contributed by atoms with E-state index >= 15 is 0 Å². The number of nitriles is 1. The second kappa shape index (κ2) is 12.1. The Balaban J connectivity index is 2.04. The van der Waals surface area contributed by atoms with Crippen LogP contribution in [0.5, 0.6) is 11.5 Å².